The van der Waals surface area contributed by atoms with Crippen LogP contribution >= 0.6 is 0 Å². The second-order valence-electron chi connectivity index (χ2n) is 4.31. The van der Waals surface area contributed by atoms with Gasteiger partial charge in [-0.3, -0.25) is 0 Å². The van der Waals surface area contributed by atoms with Crippen LogP contribution in [0.4, 0.5) is 0 Å². The van der Waals surface area contributed by atoms with Crippen LogP contribution in [0.3, 0.4) is 0 Å². The molecule has 0 saturated carbocycles. The quantitative estimate of drug-likeness (QED) is 0.764. The minimum Gasteiger partial charge on any atom is -0.494 e. The number of rotatable bonds is 7. The molecule has 1 rings (SSSR count). The summed E-state index contributed by atoms with van der Waals surface area (Å²) in [4.78, 5) is 0. The molecule has 0 radical (unpaired) electrons. The first kappa shape index (κ1) is 14.0. The zero-order chi connectivity index (χ0) is 12.7. The van der Waals surface area contributed by atoms with Crippen molar-refractivity contribution in [3.8, 4) is 5.75 Å². The minimum atomic E-state index is -0.620. The summed E-state index contributed by atoms with van der Waals surface area (Å²) in [6.07, 6.45) is 1.75. The van der Waals surface area contributed by atoms with Crippen molar-refractivity contribution in [2.24, 2.45) is 0 Å². The summed E-state index contributed by atoms with van der Waals surface area (Å²) < 4.78 is 5.55. The molecule has 17 heavy (non-hydrogen) atoms. The van der Waals surface area contributed by atoms with E-state index >= 15 is 0 Å². The van der Waals surface area contributed by atoms with Crippen molar-refractivity contribution in [1.29, 1.82) is 0 Å². The fourth-order valence-corrected chi connectivity index (χ4v) is 1.67. The first-order chi connectivity index (χ1) is 8.17. The summed E-state index contributed by atoms with van der Waals surface area (Å²) in [6, 6.07) is 6.02. The standard InChI is InChI=1S/C14H22O3/c1-3-8-17-14-7-5-12(11(2)9-14)4-6-13(16)10-15/h5,7,9,13,15-16H,3-4,6,8,10H2,1-2H3. The van der Waals surface area contributed by atoms with Crippen LogP contribution in [0.5, 0.6) is 5.75 Å². The molecular formula is C14H22O3. The number of hydrogen-bond donors (Lipinski definition) is 2. The van der Waals surface area contributed by atoms with Crippen molar-refractivity contribution in [3.05, 3.63) is 29.3 Å². The monoisotopic (exact) mass is 238 g/mol. The molecule has 3 heteroatoms. The van der Waals surface area contributed by atoms with Crippen LogP contribution in [0.1, 0.15) is 30.9 Å². The van der Waals surface area contributed by atoms with E-state index in [1.54, 1.807) is 0 Å². The van der Waals surface area contributed by atoms with Crippen molar-refractivity contribution >= 4 is 0 Å². The summed E-state index contributed by atoms with van der Waals surface area (Å²) in [6.45, 7) is 4.69. The van der Waals surface area contributed by atoms with Crippen LogP contribution < -0.4 is 4.74 Å². The maximum atomic E-state index is 9.31. The Morgan fingerprint density at radius 1 is 1.35 bits per heavy atom. The first-order valence-electron chi connectivity index (χ1n) is 6.18. The van der Waals surface area contributed by atoms with E-state index in [2.05, 4.69) is 6.92 Å². The third kappa shape index (κ3) is 4.75. The molecule has 1 aromatic rings. The van der Waals surface area contributed by atoms with Gasteiger partial charge in [0, 0.05) is 0 Å². The molecule has 0 aliphatic carbocycles. The molecule has 2 N–H and O–H groups in total. The van der Waals surface area contributed by atoms with Crippen molar-refractivity contribution in [2.45, 2.75) is 39.2 Å². The molecule has 0 spiro atoms. The van der Waals surface area contributed by atoms with Crippen LogP contribution in [-0.4, -0.2) is 29.5 Å². The Balaban J connectivity index is 2.56. The highest BCUT2D eigenvalue weighted by Crippen LogP contribution is 2.19. The largest absolute Gasteiger partial charge is 0.494 e. The van der Waals surface area contributed by atoms with Gasteiger partial charge in [-0.15, -0.1) is 0 Å². The second kappa shape index (κ2) is 7.30. The fraction of sp³-hybridized carbons (Fsp3) is 0.571. The molecule has 3 nitrogen and oxygen atoms in total. The van der Waals surface area contributed by atoms with Crippen molar-refractivity contribution < 1.29 is 14.9 Å². The predicted molar refractivity (Wildman–Crippen MR) is 68.4 cm³/mol. The van der Waals surface area contributed by atoms with Gasteiger partial charge >= 0.3 is 0 Å². The lowest BCUT2D eigenvalue weighted by atomic mass is 10.0. The summed E-state index contributed by atoms with van der Waals surface area (Å²) >= 11 is 0. The van der Waals surface area contributed by atoms with Crippen molar-refractivity contribution in [2.75, 3.05) is 13.2 Å². The van der Waals surface area contributed by atoms with Gasteiger partial charge < -0.3 is 14.9 Å². The van der Waals surface area contributed by atoms with E-state index in [0.717, 1.165) is 25.2 Å². The van der Waals surface area contributed by atoms with Gasteiger partial charge in [0.05, 0.1) is 19.3 Å². The molecule has 0 aliphatic rings. The molecule has 0 heterocycles. The summed E-state index contributed by atoms with van der Waals surface area (Å²) in [5.74, 6) is 0.899. The molecule has 1 aromatic carbocycles. The van der Waals surface area contributed by atoms with E-state index in [-0.39, 0.29) is 6.61 Å². The van der Waals surface area contributed by atoms with E-state index in [1.807, 2.05) is 25.1 Å². The van der Waals surface area contributed by atoms with Crippen LogP contribution in [0.25, 0.3) is 0 Å². The topological polar surface area (TPSA) is 49.7 Å². The third-order valence-electron chi connectivity index (χ3n) is 2.74. The SMILES string of the molecule is CCCOc1ccc(CCC(O)CO)c(C)c1. The highest BCUT2D eigenvalue weighted by Gasteiger charge is 2.05. The highest BCUT2D eigenvalue weighted by molar-refractivity contribution is 5.34. The lowest BCUT2D eigenvalue weighted by molar-refractivity contribution is 0.0885. The van der Waals surface area contributed by atoms with E-state index in [4.69, 9.17) is 9.84 Å². The predicted octanol–water partition coefficient (Wildman–Crippen LogP) is 2.07. The Hall–Kier alpha value is -1.06. The molecule has 0 saturated heterocycles. The van der Waals surface area contributed by atoms with Gasteiger partial charge in [-0.2, -0.15) is 0 Å². The number of benzene rings is 1. The maximum absolute atomic E-state index is 9.31. The molecule has 1 atom stereocenters. The molecule has 96 valence electrons. The van der Waals surface area contributed by atoms with Gasteiger partial charge in [0.15, 0.2) is 0 Å². The lowest BCUT2D eigenvalue weighted by Gasteiger charge is -2.11. The smallest absolute Gasteiger partial charge is 0.119 e. The molecule has 0 fully saturated rings. The van der Waals surface area contributed by atoms with Gasteiger partial charge in [-0.05, 0) is 49.4 Å². The first-order valence-corrected chi connectivity index (χ1v) is 6.18. The molecular weight excluding hydrogens is 216 g/mol. The molecule has 0 aliphatic heterocycles. The summed E-state index contributed by atoms with van der Waals surface area (Å²) in [5.41, 5.74) is 2.37. The zero-order valence-electron chi connectivity index (χ0n) is 10.6. The Morgan fingerprint density at radius 3 is 2.71 bits per heavy atom. The number of aliphatic hydroxyl groups is 2. The van der Waals surface area contributed by atoms with Crippen LogP contribution in [0, 0.1) is 6.92 Å². The van der Waals surface area contributed by atoms with Crippen LogP contribution in [0.15, 0.2) is 18.2 Å². The number of aryl methyl sites for hydroxylation is 2. The van der Waals surface area contributed by atoms with Gasteiger partial charge in [-0.1, -0.05) is 13.0 Å². The summed E-state index contributed by atoms with van der Waals surface area (Å²) in [5, 5.41) is 18.1. The number of hydrogen-bond acceptors (Lipinski definition) is 3. The van der Waals surface area contributed by atoms with E-state index < -0.39 is 6.10 Å². The summed E-state index contributed by atoms with van der Waals surface area (Å²) in [7, 11) is 0. The van der Waals surface area contributed by atoms with Crippen LogP contribution in [-0.2, 0) is 6.42 Å². The second-order valence-corrected chi connectivity index (χ2v) is 4.31. The number of aliphatic hydroxyl groups excluding tert-OH is 2. The van der Waals surface area contributed by atoms with Crippen molar-refractivity contribution in [1.82, 2.24) is 0 Å². The Bertz CT molecular complexity index is 336. The fourth-order valence-electron chi connectivity index (χ4n) is 1.67. The Kier molecular flexibility index (Phi) is 6.01. The number of ether oxygens (including phenoxy) is 1. The molecule has 0 bridgehead atoms. The highest BCUT2D eigenvalue weighted by atomic mass is 16.5. The normalized spacial score (nSPS) is 12.5. The molecule has 0 aromatic heterocycles. The van der Waals surface area contributed by atoms with E-state index in [1.165, 1.54) is 11.1 Å². The lowest BCUT2D eigenvalue weighted by Crippen LogP contribution is -2.12. The van der Waals surface area contributed by atoms with E-state index in [9.17, 15) is 5.11 Å². The zero-order valence-corrected chi connectivity index (χ0v) is 10.6. The van der Waals surface area contributed by atoms with Gasteiger partial charge in [0.1, 0.15) is 5.75 Å². The molecule has 1 unspecified atom stereocenters. The van der Waals surface area contributed by atoms with Gasteiger partial charge in [0.2, 0.25) is 0 Å². The average molecular weight is 238 g/mol. The van der Waals surface area contributed by atoms with Gasteiger partial charge in [0.25, 0.3) is 0 Å². The van der Waals surface area contributed by atoms with Gasteiger partial charge in [-0.25, -0.2) is 0 Å². The van der Waals surface area contributed by atoms with Crippen LogP contribution in [0.2, 0.25) is 0 Å². The maximum Gasteiger partial charge on any atom is 0.119 e. The minimum absolute atomic E-state index is 0.170. The van der Waals surface area contributed by atoms with E-state index in [0.29, 0.717) is 6.42 Å². The third-order valence-corrected chi connectivity index (χ3v) is 2.74. The average Bonchev–Trinajstić information content (AvgIpc) is 2.34. The Morgan fingerprint density at radius 2 is 2.12 bits per heavy atom. The van der Waals surface area contributed by atoms with Crippen molar-refractivity contribution in [3.63, 3.8) is 0 Å². The Labute approximate surface area is 103 Å². The molecule has 0 amide bonds.